The largest absolute Gasteiger partial charge is 0.479 e. The van der Waals surface area contributed by atoms with Gasteiger partial charge in [0.05, 0.1) is 4.92 Å². The summed E-state index contributed by atoms with van der Waals surface area (Å²) in [6.07, 6.45) is 0.734. The van der Waals surface area contributed by atoms with Crippen LogP contribution in [0.2, 0.25) is 0 Å². The SMILES string of the molecule is CCC(C)C(=O)COc1ccc(C)cc1[N+](=O)[O-]. The van der Waals surface area contributed by atoms with E-state index in [0.717, 1.165) is 12.0 Å². The first-order valence-electron chi connectivity index (χ1n) is 5.86. The summed E-state index contributed by atoms with van der Waals surface area (Å²) in [5.74, 6) is 0.00382. The first kappa shape index (κ1) is 14.2. The summed E-state index contributed by atoms with van der Waals surface area (Å²) in [4.78, 5) is 21.9. The van der Waals surface area contributed by atoms with Crippen molar-refractivity contribution in [2.45, 2.75) is 27.2 Å². The molecular formula is C13H17NO4. The predicted octanol–water partition coefficient (Wildman–Crippen LogP) is 2.90. The molecule has 0 heterocycles. The molecule has 0 aliphatic carbocycles. The number of ether oxygens (including phenoxy) is 1. The third-order valence-electron chi connectivity index (χ3n) is 2.84. The molecule has 5 nitrogen and oxygen atoms in total. The minimum atomic E-state index is -0.504. The summed E-state index contributed by atoms with van der Waals surface area (Å²) in [6, 6.07) is 4.68. The van der Waals surface area contributed by atoms with E-state index >= 15 is 0 Å². The molecule has 0 N–H and O–H groups in total. The molecular weight excluding hydrogens is 234 g/mol. The average molecular weight is 251 g/mol. The van der Waals surface area contributed by atoms with Crippen LogP contribution in [-0.2, 0) is 4.79 Å². The second kappa shape index (κ2) is 6.14. The van der Waals surface area contributed by atoms with Gasteiger partial charge in [0, 0.05) is 12.0 Å². The van der Waals surface area contributed by atoms with Gasteiger partial charge >= 0.3 is 5.69 Å². The van der Waals surface area contributed by atoms with Crippen molar-refractivity contribution in [3.63, 3.8) is 0 Å². The van der Waals surface area contributed by atoms with Crippen LogP contribution in [0.25, 0.3) is 0 Å². The van der Waals surface area contributed by atoms with Gasteiger partial charge in [-0.1, -0.05) is 19.9 Å². The molecule has 0 bridgehead atoms. The van der Waals surface area contributed by atoms with Crippen LogP contribution in [0.1, 0.15) is 25.8 Å². The molecule has 0 aliphatic rings. The van der Waals surface area contributed by atoms with Gasteiger partial charge in [-0.3, -0.25) is 14.9 Å². The van der Waals surface area contributed by atoms with E-state index in [9.17, 15) is 14.9 Å². The van der Waals surface area contributed by atoms with Crippen molar-refractivity contribution in [2.24, 2.45) is 5.92 Å². The van der Waals surface area contributed by atoms with Gasteiger partial charge in [0.15, 0.2) is 11.5 Å². The lowest BCUT2D eigenvalue weighted by atomic mass is 10.0. The molecule has 0 spiro atoms. The Labute approximate surface area is 106 Å². The van der Waals surface area contributed by atoms with E-state index < -0.39 is 4.92 Å². The minimum Gasteiger partial charge on any atom is -0.479 e. The maximum atomic E-state index is 11.6. The number of carbonyl (C=O) groups excluding carboxylic acids is 1. The van der Waals surface area contributed by atoms with Crippen LogP contribution >= 0.6 is 0 Å². The predicted molar refractivity (Wildman–Crippen MR) is 67.8 cm³/mol. The third-order valence-corrected chi connectivity index (χ3v) is 2.84. The van der Waals surface area contributed by atoms with E-state index in [-0.39, 0.29) is 29.7 Å². The topological polar surface area (TPSA) is 69.4 Å². The van der Waals surface area contributed by atoms with Crippen LogP contribution in [0.3, 0.4) is 0 Å². The van der Waals surface area contributed by atoms with E-state index in [1.54, 1.807) is 13.0 Å². The zero-order valence-electron chi connectivity index (χ0n) is 10.8. The molecule has 5 heteroatoms. The van der Waals surface area contributed by atoms with E-state index in [2.05, 4.69) is 0 Å². The number of hydrogen-bond donors (Lipinski definition) is 0. The normalized spacial score (nSPS) is 11.9. The molecule has 1 aromatic rings. The molecule has 1 atom stereocenters. The highest BCUT2D eigenvalue weighted by Gasteiger charge is 2.17. The van der Waals surface area contributed by atoms with Crippen molar-refractivity contribution in [1.29, 1.82) is 0 Å². The third kappa shape index (κ3) is 3.55. The van der Waals surface area contributed by atoms with Crippen molar-refractivity contribution in [3.05, 3.63) is 33.9 Å². The lowest BCUT2D eigenvalue weighted by molar-refractivity contribution is -0.385. The maximum Gasteiger partial charge on any atom is 0.311 e. The lowest BCUT2D eigenvalue weighted by Gasteiger charge is -2.09. The van der Waals surface area contributed by atoms with Gasteiger partial charge in [-0.25, -0.2) is 0 Å². The van der Waals surface area contributed by atoms with Crippen molar-refractivity contribution in [2.75, 3.05) is 6.61 Å². The zero-order valence-corrected chi connectivity index (χ0v) is 10.8. The van der Waals surface area contributed by atoms with Crippen LogP contribution in [-0.4, -0.2) is 17.3 Å². The summed E-state index contributed by atoms with van der Waals surface area (Å²) in [5, 5.41) is 10.8. The number of Topliss-reactive ketones (excluding diaryl/α,β-unsaturated/α-hetero) is 1. The summed E-state index contributed by atoms with van der Waals surface area (Å²) in [7, 11) is 0. The highest BCUT2D eigenvalue weighted by atomic mass is 16.6. The van der Waals surface area contributed by atoms with Crippen LogP contribution < -0.4 is 4.74 Å². The van der Waals surface area contributed by atoms with Gasteiger partial charge in [0.25, 0.3) is 0 Å². The number of nitrogens with zero attached hydrogens (tertiary/aromatic N) is 1. The molecule has 0 saturated heterocycles. The highest BCUT2D eigenvalue weighted by Crippen LogP contribution is 2.27. The molecule has 0 fully saturated rings. The second-order valence-electron chi connectivity index (χ2n) is 4.29. The van der Waals surface area contributed by atoms with Gasteiger partial charge in [-0.05, 0) is 25.0 Å². The Morgan fingerprint density at radius 2 is 2.17 bits per heavy atom. The number of rotatable bonds is 6. The van der Waals surface area contributed by atoms with E-state index in [1.807, 2.05) is 13.8 Å². The number of carbonyl (C=O) groups is 1. The number of hydrogen-bond acceptors (Lipinski definition) is 4. The van der Waals surface area contributed by atoms with Gasteiger partial charge in [-0.2, -0.15) is 0 Å². The van der Waals surface area contributed by atoms with Crippen LogP contribution in [0.4, 0.5) is 5.69 Å². The fraction of sp³-hybridized carbons (Fsp3) is 0.462. The molecule has 1 aromatic carbocycles. The fourth-order valence-electron chi connectivity index (χ4n) is 1.41. The summed E-state index contributed by atoms with van der Waals surface area (Å²) < 4.78 is 5.25. The summed E-state index contributed by atoms with van der Waals surface area (Å²) >= 11 is 0. The Hall–Kier alpha value is -1.91. The Bertz CT molecular complexity index is 456. The maximum absolute atomic E-state index is 11.6. The molecule has 1 rings (SSSR count). The Morgan fingerprint density at radius 1 is 1.50 bits per heavy atom. The Morgan fingerprint density at radius 3 is 2.72 bits per heavy atom. The van der Waals surface area contributed by atoms with Crippen LogP contribution in [0.5, 0.6) is 5.75 Å². The number of nitro groups is 1. The summed E-state index contributed by atoms with van der Waals surface area (Å²) in [5.41, 5.74) is 0.675. The Balaban J connectivity index is 2.79. The minimum absolute atomic E-state index is 0.0487. The molecule has 98 valence electrons. The first-order chi connectivity index (χ1) is 8.45. The first-order valence-corrected chi connectivity index (χ1v) is 5.86. The molecule has 0 aromatic heterocycles. The van der Waals surface area contributed by atoms with Gasteiger partial charge < -0.3 is 4.74 Å². The number of nitro benzene ring substituents is 1. The fourth-order valence-corrected chi connectivity index (χ4v) is 1.41. The lowest BCUT2D eigenvalue weighted by Crippen LogP contribution is -2.18. The molecule has 0 saturated carbocycles. The number of benzene rings is 1. The highest BCUT2D eigenvalue weighted by molar-refractivity contribution is 5.82. The van der Waals surface area contributed by atoms with Crippen molar-refractivity contribution in [1.82, 2.24) is 0 Å². The van der Waals surface area contributed by atoms with Crippen molar-refractivity contribution >= 4 is 11.5 Å². The molecule has 18 heavy (non-hydrogen) atoms. The van der Waals surface area contributed by atoms with Gasteiger partial charge in [0.2, 0.25) is 0 Å². The quantitative estimate of drug-likeness (QED) is 0.575. The number of aryl methyl sites for hydroxylation is 1. The molecule has 0 aliphatic heterocycles. The van der Waals surface area contributed by atoms with Gasteiger partial charge in [0.1, 0.15) is 6.61 Å². The molecule has 1 unspecified atom stereocenters. The van der Waals surface area contributed by atoms with E-state index in [1.165, 1.54) is 12.1 Å². The van der Waals surface area contributed by atoms with Crippen molar-refractivity contribution in [3.8, 4) is 5.75 Å². The molecule has 0 radical (unpaired) electrons. The zero-order chi connectivity index (χ0) is 13.7. The second-order valence-corrected chi connectivity index (χ2v) is 4.29. The summed E-state index contributed by atoms with van der Waals surface area (Å²) in [6.45, 7) is 5.37. The average Bonchev–Trinajstić information content (AvgIpc) is 2.35. The van der Waals surface area contributed by atoms with Crippen LogP contribution in [0, 0.1) is 23.0 Å². The van der Waals surface area contributed by atoms with Crippen molar-refractivity contribution < 1.29 is 14.5 Å². The van der Waals surface area contributed by atoms with E-state index in [4.69, 9.17) is 4.74 Å². The Kier molecular flexibility index (Phi) is 4.83. The molecule has 0 amide bonds. The van der Waals surface area contributed by atoms with Gasteiger partial charge in [-0.15, -0.1) is 0 Å². The number of ketones is 1. The standard InChI is InChI=1S/C13H17NO4/c1-4-10(3)12(15)8-18-13-6-5-9(2)7-11(13)14(16)17/h5-7,10H,4,8H2,1-3H3. The van der Waals surface area contributed by atoms with Crippen LogP contribution in [0.15, 0.2) is 18.2 Å². The monoisotopic (exact) mass is 251 g/mol. The van der Waals surface area contributed by atoms with E-state index in [0.29, 0.717) is 0 Å². The smallest absolute Gasteiger partial charge is 0.311 e.